The lowest BCUT2D eigenvalue weighted by atomic mass is 9.90. The van der Waals surface area contributed by atoms with Gasteiger partial charge in [-0.3, -0.25) is 9.69 Å². The highest BCUT2D eigenvalue weighted by atomic mass is 32.1. The standard InChI is InChI=1S/C14H21N3O2S/c18-13(14(19)16-11-1-2-11)10-3-6-17(7-4-10)9-12-15-5-8-20-12/h5,8,10-11,13,18H,1-4,6-7,9H2,(H,16,19)/t13-/m0/s1. The maximum Gasteiger partial charge on any atom is 0.249 e. The Kier molecular flexibility index (Phi) is 4.33. The van der Waals surface area contributed by atoms with E-state index >= 15 is 0 Å². The molecule has 20 heavy (non-hydrogen) atoms. The number of likely N-dealkylation sites (tertiary alicyclic amines) is 1. The molecular weight excluding hydrogens is 274 g/mol. The second kappa shape index (κ2) is 6.20. The third kappa shape index (κ3) is 3.56. The molecule has 2 aliphatic rings. The fourth-order valence-corrected chi connectivity index (χ4v) is 3.34. The van der Waals surface area contributed by atoms with Crippen LogP contribution >= 0.6 is 11.3 Å². The van der Waals surface area contributed by atoms with Crippen LogP contribution in [0.2, 0.25) is 0 Å². The molecule has 1 aromatic heterocycles. The van der Waals surface area contributed by atoms with E-state index < -0.39 is 6.10 Å². The molecule has 6 heteroatoms. The lowest BCUT2D eigenvalue weighted by molar-refractivity contribution is -0.133. The van der Waals surface area contributed by atoms with Gasteiger partial charge < -0.3 is 10.4 Å². The average molecular weight is 295 g/mol. The lowest BCUT2D eigenvalue weighted by Crippen LogP contribution is -2.44. The smallest absolute Gasteiger partial charge is 0.249 e. The van der Waals surface area contributed by atoms with Gasteiger partial charge in [0.2, 0.25) is 5.91 Å². The van der Waals surface area contributed by atoms with E-state index in [1.165, 1.54) is 0 Å². The van der Waals surface area contributed by atoms with Crippen molar-refractivity contribution in [3.63, 3.8) is 0 Å². The van der Waals surface area contributed by atoms with Gasteiger partial charge in [0.25, 0.3) is 0 Å². The van der Waals surface area contributed by atoms with Crippen molar-refractivity contribution < 1.29 is 9.90 Å². The number of piperidine rings is 1. The van der Waals surface area contributed by atoms with Gasteiger partial charge in [0, 0.05) is 17.6 Å². The van der Waals surface area contributed by atoms with Crippen molar-refractivity contribution in [3.05, 3.63) is 16.6 Å². The molecule has 1 aromatic rings. The summed E-state index contributed by atoms with van der Waals surface area (Å²) in [5.74, 6) is -0.0767. The van der Waals surface area contributed by atoms with Crippen LogP contribution in [0.1, 0.15) is 30.7 Å². The summed E-state index contributed by atoms with van der Waals surface area (Å²) in [6.45, 7) is 2.74. The highest BCUT2D eigenvalue weighted by Gasteiger charge is 2.32. The summed E-state index contributed by atoms with van der Waals surface area (Å²) in [7, 11) is 0. The Morgan fingerprint density at radius 3 is 2.80 bits per heavy atom. The molecule has 1 amide bonds. The first-order chi connectivity index (χ1) is 9.72. The first kappa shape index (κ1) is 14.0. The molecule has 1 atom stereocenters. The van der Waals surface area contributed by atoms with E-state index in [9.17, 15) is 9.90 Å². The number of aliphatic hydroxyl groups excluding tert-OH is 1. The quantitative estimate of drug-likeness (QED) is 0.850. The fourth-order valence-electron chi connectivity index (χ4n) is 2.68. The number of carbonyl (C=O) groups is 1. The third-order valence-corrected chi connectivity index (χ3v) is 4.88. The highest BCUT2D eigenvalue weighted by molar-refractivity contribution is 7.09. The number of aromatic nitrogens is 1. The largest absolute Gasteiger partial charge is 0.383 e. The van der Waals surface area contributed by atoms with Gasteiger partial charge in [0.15, 0.2) is 0 Å². The zero-order valence-electron chi connectivity index (χ0n) is 11.5. The molecular formula is C14H21N3O2S. The minimum atomic E-state index is -0.836. The minimum absolute atomic E-state index is 0.0984. The maximum absolute atomic E-state index is 11.8. The average Bonchev–Trinajstić information content (AvgIpc) is 3.12. The molecule has 1 aliphatic heterocycles. The SMILES string of the molecule is O=C(NC1CC1)[C@@H](O)C1CCN(Cc2nccs2)CC1. The zero-order valence-corrected chi connectivity index (χ0v) is 12.3. The summed E-state index contributed by atoms with van der Waals surface area (Å²) < 4.78 is 0. The topological polar surface area (TPSA) is 65.5 Å². The van der Waals surface area contributed by atoms with Gasteiger partial charge in [0.1, 0.15) is 11.1 Å². The number of nitrogens with one attached hydrogen (secondary N) is 1. The molecule has 3 rings (SSSR count). The monoisotopic (exact) mass is 295 g/mol. The van der Waals surface area contributed by atoms with E-state index in [0.717, 1.165) is 50.3 Å². The Labute approximate surface area is 123 Å². The Morgan fingerprint density at radius 1 is 1.45 bits per heavy atom. The predicted octanol–water partition coefficient (Wildman–Crippen LogP) is 0.995. The van der Waals surface area contributed by atoms with Gasteiger partial charge >= 0.3 is 0 Å². The van der Waals surface area contributed by atoms with E-state index in [1.54, 1.807) is 11.3 Å². The molecule has 2 fully saturated rings. The molecule has 1 aliphatic carbocycles. The first-order valence-corrected chi connectivity index (χ1v) is 8.19. The Morgan fingerprint density at radius 2 is 2.20 bits per heavy atom. The van der Waals surface area contributed by atoms with Gasteiger partial charge in [-0.2, -0.15) is 0 Å². The number of hydrogen-bond acceptors (Lipinski definition) is 5. The van der Waals surface area contributed by atoms with Gasteiger partial charge in [-0.15, -0.1) is 11.3 Å². The Hall–Kier alpha value is -0.980. The molecule has 1 saturated carbocycles. The Bertz CT molecular complexity index is 439. The van der Waals surface area contributed by atoms with Crippen molar-refractivity contribution in [1.82, 2.24) is 15.2 Å². The molecule has 0 radical (unpaired) electrons. The Balaban J connectivity index is 1.44. The molecule has 110 valence electrons. The van der Waals surface area contributed by atoms with Crippen molar-refractivity contribution >= 4 is 17.2 Å². The summed E-state index contributed by atoms with van der Waals surface area (Å²) in [5, 5.41) is 16.1. The molecule has 1 saturated heterocycles. The molecule has 0 bridgehead atoms. The van der Waals surface area contributed by atoms with E-state index in [0.29, 0.717) is 6.04 Å². The van der Waals surface area contributed by atoms with E-state index in [-0.39, 0.29) is 11.8 Å². The highest BCUT2D eigenvalue weighted by Crippen LogP contribution is 2.24. The first-order valence-electron chi connectivity index (χ1n) is 7.31. The summed E-state index contributed by atoms with van der Waals surface area (Å²) in [6, 6.07) is 0.321. The number of hydrogen-bond donors (Lipinski definition) is 2. The summed E-state index contributed by atoms with van der Waals surface area (Å²) in [4.78, 5) is 18.5. The number of aliphatic hydroxyl groups is 1. The van der Waals surface area contributed by atoms with Gasteiger partial charge in [-0.05, 0) is 44.7 Å². The molecule has 0 unspecified atom stereocenters. The summed E-state index contributed by atoms with van der Waals surface area (Å²) >= 11 is 1.68. The predicted molar refractivity (Wildman–Crippen MR) is 77.3 cm³/mol. The van der Waals surface area contributed by atoms with Crippen molar-refractivity contribution in [3.8, 4) is 0 Å². The number of amides is 1. The van der Waals surface area contributed by atoms with Crippen LogP contribution in [0.15, 0.2) is 11.6 Å². The van der Waals surface area contributed by atoms with Gasteiger partial charge in [-0.1, -0.05) is 0 Å². The van der Waals surface area contributed by atoms with Crippen LogP contribution in [-0.2, 0) is 11.3 Å². The number of thiazole rings is 1. The zero-order chi connectivity index (χ0) is 13.9. The van der Waals surface area contributed by atoms with Crippen LogP contribution in [0.3, 0.4) is 0 Å². The van der Waals surface area contributed by atoms with Gasteiger partial charge in [-0.25, -0.2) is 4.98 Å². The van der Waals surface area contributed by atoms with Crippen LogP contribution in [-0.4, -0.2) is 46.1 Å². The van der Waals surface area contributed by atoms with Crippen LogP contribution in [0.4, 0.5) is 0 Å². The minimum Gasteiger partial charge on any atom is -0.383 e. The van der Waals surface area contributed by atoms with Crippen molar-refractivity contribution in [1.29, 1.82) is 0 Å². The summed E-state index contributed by atoms with van der Waals surface area (Å²) in [6.07, 6.45) is 4.88. The van der Waals surface area contributed by atoms with E-state index in [4.69, 9.17) is 0 Å². The van der Waals surface area contributed by atoms with Crippen molar-refractivity contribution in [2.45, 2.75) is 44.4 Å². The molecule has 2 heterocycles. The number of rotatable bonds is 5. The number of carbonyl (C=O) groups excluding carboxylic acids is 1. The van der Waals surface area contributed by atoms with Crippen LogP contribution < -0.4 is 5.32 Å². The molecule has 2 N–H and O–H groups in total. The van der Waals surface area contributed by atoms with Crippen LogP contribution in [0.5, 0.6) is 0 Å². The van der Waals surface area contributed by atoms with E-state index in [2.05, 4.69) is 15.2 Å². The third-order valence-electron chi connectivity index (χ3n) is 4.11. The van der Waals surface area contributed by atoms with Crippen molar-refractivity contribution in [2.75, 3.05) is 13.1 Å². The van der Waals surface area contributed by atoms with Crippen LogP contribution in [0.25, 0.3) is 0 Å². The second-order valence-electron chi connectivity index (χ2n) is 5.77. The molecule has 5 nitrogen and oxygen atoms in total. The van der Waals surface area contributed by atoms with Gasteiger partial charge in [0.05, 0.1) is 6.54 Å². The molecule has 0 spiro atoms. The van der Waals surface area contributed by atoms with E-state index in [1.807, 2.05) is 11.6 Å². The maximum atomic E-state index is 11.8. The fraction of sp³-hybridized carbons (Fsp3) is 0.714. The lowest BCUT2D eigenvalue weighted by Gasteiger charge is -2.33. The van der Waals surface area contributed by atoms with Crippen molar-refractivity contribution in [2.24, 2.45) is 5.92 Å². The normalized spacial score (nSPS) is 22.6. The summed E-state index contributed by atoms with van der Waals surface area (Å²) in [5.41, 5.74) is 0. The molecule has 0 aromatic carbocycles. The van der Waals surface area contributed by atoms with Crippen LogP contribution in [0, 0.1) is 5.92 Å². The second-order valence-corrected chi connectivity index (χ2v) is 6.75. The number of nitrogens with zero attached hydrogens (tertiary/aromatic N) is 2.